The van der Waals surface area contributed by atoms with Crippen LogP contribution in [0, 0.1) is 5.82 Å². The van der Waals surface area contributed by atoms with E-state index in [0.29, 0.717) is 25.2 Å². The van der Waals surface area contributed by atoms with Gasteiger partial charge in [-0.05, 0) is 44.0 Å². The Morgan fingerprint density at radius 3 is 2.60 bits per heavy atom. The molecule has 1 aliphatic rings. The fraction of sp³-hybridized carbons (Fsp3) is 0.438. The van der Waals surface area contributed by atoms with E-state index >= 15 is 0 Å². The smallest absolute Gasteiger partial charge is 0.246 e. The first-order valence-electron chi connectivity index (χ1n) is 6.95. The highest BCUT2D eigenvalue weighted by atomic mass is 19.1. The standard InChI is InChI=1S/C16H21FN2O/c1-11(14-5-4-6-15(17)8-14)7-16(20)19-9-12(2)18-13(3)10-19/h4-8,12-13,18H,9-10H2,1-3H3/b11-7-. The van der Waals surface area contributed by atoms with Crippen LogP contribution < -0.4 is 5.32 Å². The van der Waals surface area contributed by atoms with Gasteiger partial charge in [-0.15, -0.1) is 0 Å². The van der Waals surface area contributed by atoms with Crippen molar-refractivity contribution in [3.8, 4) is 0 Å². The largest absolute Gasteiger partial charge is 0.336 e. The number of piperazine rings is 1. The Kier molecular flexibility index (Phi) is 4.55. The van der Waals surface area contributed by atoms with Crippen LogP contribution in [0.2, 0.25) is 0 Å². The zero-order valence-electron chi connectivity index (χ0n) is 12.2. The molecule has 0 saturated carbocycles. The van der Waals surface area contributed by atoms with Gasteiger partial charge in [0.05, 0.1) is 0 Å². The Balaban J connectivity index is 2.11. The average molecular weight is 276 g/mol. The van der Waals surface area contributed by atoms with E-state index in [1.54, 1.807) is 12.1 Å². The van der Waals surface area contributed by atoms with Crippen LogP contribution in [-0.2, 0) is 4.79 Å². The maximum Gasteiger partial charge on any atom is 0.246 e. The molecule has 0 aliphatic carbocycles. The third-order valence-electron chi connectivity index (χ3n) is 3.49. The summed E-state index contributed by atoms with van der Waals surface area (Å²) < 4.78 is 13.2. The van der Waals surface area contributed by atoms with Gasteiger partial charge in [0.1, 0.15) is 5.82 Å². The summed E-state index contributed by atoms with van der Waals surface area (Å²) in [5.74, 6) is -0.293. The third kappa shape index (κ3) is 3.67. The van der Waals surface area contributed by atoms with Gasteiger partial charge in [0.2, 0.25) is 5.91 Å². The molecular weight excluding hydrogens is 255 g/mol. The van der Waals surface area contributed by atoms with Crippen LogP contribution in [0.25, 0.3) is 5.57 Å². The molecule has 0 spiro atoms. The first-order chi connectivity index (χ1) is 9.45. The minimum Gasteiger partial charge on any atom is -0.336 e. The fourth-order valence-electron chi connectivity index (χ4n) is 2.60. The lowest BCUT2D eigenvalue weighted by molar-refractivity contribution is -0.127. The minimum atomic E-state index is -0.285. The first kappa shape index (κ1) is 14.7. The molecule has 20 heavy (non-hydrogen) atoms. The summed E-state index contributed by atoms with van der Waals surface area (Å²) >= 11 is 0. The summed E-state index contributed by atoms with van der Waals surface area (Å²) in [6, 6.07) is 6.91. The van der Waals surface area contributed by atoms with Gasteiger partial charge in [-0.2, -0.15) is 0 Å². The minimum absolute atomic E-state index is 0.00744. The van der Waals surface area contributed by atoms with Gasteiger partial charge in [-0.25, -0.2) is 4.39 Å². The second-order valence-electron chi connectivity index (χ2n) is 5.55. The van der Waals surface area contributed by atoms with Crippen molar-refractivity contribution in [2.45, 2.75) is 32.9 Å². The zero-order chi connectivity index (χ0) is 14.7. The van der Waals surface area contributed by atoms with Crippen molar-refractivity contribution >= 4 is 11.5 Å². The van der Waals surface area contributed by atoms with Gasteiger partial charge < -0.3 is 10.2 Å². The maximum atomic E-state index is 13.2. The number of rotatable bonds is 2. The predicted molar refractivity (Wildman–Crippen MR) is 78.7 cm³/mol. The molecule has 1 aromatic carbocycles. The molecular formula is C16H21FN2O. The molecule has 1 aromatic rings. The van der Waals surface area contributed by atoms with E-state index in [9.17, 15) is 9.18 Å². The van der Waals surface area contributed by atoms with Crippen molar-refractivity contribution in [2.75, 3.05) is 13.1 Å². The maximum absolute atomic E-state index is 13.2. The van der Waals surface area contributed by atoms with Gasteiger partial charge in [0.25, 0.3) is 0 Å². The number of nitrogens with zero attached hydrogens (tertiary/aromatic N) is 1. The van der Waals surface area contributed by atoms with E-state index in [1.165, 1.54) is 12.1 Å². The lowest BCUT2D eigenvalue weighted by Crippen LogP contribution is -2.55. The van der Waals surface area contributed by atoms with Gasteiger partial charge >= 0.3 is 0 Å². The number of carbonyl (C=O) groups excluding carboxylic acids is 1. The Labute approximate surface area is 119 Å². The monoisotopic (exact) mass is 276 g/mol. The molecule has 108 valence electrons. The molecule has 2 unspecified atom stereocenters. The van der Waals surface area contributed by atoms with Crippen LogP contribution in [0.4, 0.5) is 4.39 Å². The first-order valence-corrected chi connectivity index (χ1v) is 6.95. The summed E-state index contributed by atoms with van der Waals surface area (Å²) in [4.78, 5) is 14.1. The van der Waals surface area contributed by atoms with E-state index in [2.05, 4.69) is 19.2 Å². The number of hydrogen-bond acceptors (Lipinski definition) is 2. The van der Waals surface area contributed by atoms with Crippen LogP contribution >= 0.6 is 0 Å². The average Bonchev–Trinajstić information content (AvgIpc) is 2.37. The van der Waals surface area contributed by atoms with Crippen LogP contribution in [-0.4, -0.2) is 36.0 Å². The molecule has 2 atom stereocenters. The second kappa shape index (κ2) is 6.18. The lowest BCUT2D eigenvalue weighted by atomic mass is 10.1. The Morgan fingerprint density at radius 2 is 2.00 bits per heavy atom. The van der Waals surface area contributed by atoms with Crippen molar-refractivity contribution in [3.05, 3.63) is 41.7 Å². The number of benzene rings is 1. The summed E-state index contributed by atoms with van der Waals surface area (Å²) in [6.07, 6.45) is 1.60. The third-order valence-corrected chi connectivity index (χ3v) is 3.49. The number of hydrogen-bond donors (Lipinski definition) is 1. The van der Waals surface area contributed by atoms with Crippen molar-refractivity contribution in [3.63, 3.8) is 0 Å². The molecule has 4 heteroatoms. The van der Waals surface area contributed by atoms with Crippen molar-refractivity contribution in [1.29, 1.82) is 0 Å². The fourth-order valence-corrected chi connectivity index (χ4v) is 2.60. The SMILES string of the molecule is C/C(=C/C(=O)N1CC(C)NC(C)C1)c1cccc(F)c1. The topological polar surface area (TPSA) is 32.3 Å². The van der Waals surface area contributed by atoms with E-state index in [1.807, 2.05) is 17.9 Å². The quantitative estimate of drug-likeness (QED) is 0.841. The molecule has 0 aromatic heterocycles. The summed E-state index contributed by atoms with van der Waals surface area (Å²) in [6.45, 7) is 7.38. The van der Waals surface area contributed by atoms with Gasteiger partial charge in [-0.1, -0.05) is 12.1 Å². The number of allylic oxidation sites excluding steroid dienone is 1. The Morgan fingerprint density at radius 1 is 1.35 bits per heavy atom. The van der Waals surface area contributed by atoms with Crippen LogP contribution in [0.1, 0.15) is 26.3 Å². The number of carbonyl (C=O) groups is 1. The van der Waals surface area contributed by atoms with Crippen molar-refractivity contribution in [2.24, 2.45) is 0 Å². The normalized spacial score (nSPS) is 23.8. The van der Waals surface area contributed by atoms with Crippen LogP contribution in [0.15, 0.2) is 30.3 Å². The summed E-state index contributed by atoms with van der Waals surface area (Å²) in [7, 11) is 0. The Bertz CT molecular complexity index is 517. The van der Waals surface area contributed by atoms with E-state index in [0.717, 1.165) is 11.1 Å². The number of amides is 1. The summed E-state index contributed by atoms with van der Waals surface area (Å²) in [5, 5.41) is 3.39. The lowest BCUT2D eigenvalue weighted by Gasteiger charge is -2.35. The van der Waals surface area contributed by atoms with Gasteiger partial charge in [-0.3, -0.25) is 4.79 Å². The van der Waals surface area contributed by atoms with E-state index < -0.39 is 0 Å². The molecule has 0 bridgehead atoms. The van der Waals surface area contributed by atoms with Crippen molar-refractivity contribution < 1.29 is 9.18 Å². The predicted octanol–water partition coefficient (Wildman–Crippen LogP) is 2.44. The summed E-state index contributed by atoms with van der Waals surface area (Å²) in [5.41, 5.74) is 1.53. The molecule has 3 nitrogen and oxygen atoms in total. The molecule has 1 fully saturated rings. The van der Waals surface area contributed by atoms with Gasteiger partial charge in [0, 0.05) is 31.2 Å². The number of halogens is 1. The second-order valence-corrected chi connectivity index (χ2v) is 5.55. The van der Waals surface area contributed by atoms with E-state index in [-0.39, 0.29) is 11.7 Å². The molecule has 1 saturated heterocycles. The highest BCUT2D eigenvalue weighted by molar-refractivity contribution is 5.95. The number of nitrogens with one attached hydrogen (secondary N) is 1. The van der Waals surface area contributed by atoms with E-state index in [4.69, 9.17) is 0 Å². The molecule has 2 rings (SSSR count). The van der Waals surface area contributed by atoms with Gasteiger partial charge in [0.15, 0.2) is 0 Å². The van der Waals surface area contributed by atoms with Crippen molar-refractivity contribution in [1.82, 2.24) is 10.2 Å². The molecule has 1 amide bonds. The zero-order valence-corrected chi connectivity index (χ0v) is 12.2. The Hall–Kier alpha value is -1.68. The highest BCUT2D eigenvalue weighted by Gasteiger charge is 2.23. The van der Waals surface area contributed by atoms with Crippen LogP contribution in [0.5, 0.6) is 0 Å². The molecule has 1 N–H and O–H groups in total. The highest BCUT2D eigenvalue weighted by Crippen LogP contribution is 2.16. The van der Waals surface area contributed by atoms with Crippen LogP contribution in [0.3, 0.4) is 0 Å². The molecule has 1 heterocycles. The molecule has 1 aliphatic heterocycles. The molecule has 0 radical (unpaired) electrons.